The van der Waals surface area contributed by atoms with Crippen LogP contribution in [0.5, 0.6) is 0 Å². The zero-order valence-corrected chi connectivity index (χ0v) is 12.2. The van der Waals surface area contributed by atoms with Crippen LogP contribution in [-0.4, -0.2) is 29.3 Å². The molecule has 0 spiro atoms. The first kappa shape index (κ1) is 15.0. The van der Waals surface area contributed by atoms with Gasteiger partial charge >= 0.3 is 0 Å². The molecule has 2 N–H and O–H groups in total. The van der Waals surface area contributed by atoms with E-state index in [2.05, 4.69) is 5.32 Å². The number of hydrogen-bond acceptors (Lipinski definition) is 3. The van der Waals surface area contributed by atoms with Gasteiger partial charge in [-0.3, -0.25) is 4.79 Å². The average Bonchev–Trinajstić information content (AvgIpc) is 2.41. The van der Waals surface area contributed by atoms with Gasteiger partial charge in [0.25, 0.3) is 5.91 Å². The van der Waals surface area contributed by atoms with Crippen LogP contribution < -0.4 is 5.32 Å². The van der Waals surface area contributed by atoms with Crippen LogP contribution in [0.2, 0.25) is 0 Å². The van der Waals surface area contributed by atoms with Gasteiger partial charge in [0.05, 0.1) is 18.3 Å². The van der Waals surface area contributed by atoms with Crippen LogP contribution in [0.25, 0.3) is 0 Å². The van der Waals surface area contributed by atoms with E-state index in [1.54, 1.807) is 12.1 Å². The van der Waals surface area contributed by atoms with Crippen LogP contribution in [0.15, 0.2) is 24.3 Å². The van der Waals surface area contributed by atoms with Gasteiger partial charge in [-0.05, 0) is 50.8 Å². The van der Waals surface area contributed by atoms with Gasteiger partial charge in [-0.1, -0.05) is 12.1 Å². The predicted molar refractivity (Wildman–Crippen MR) is 77.5 cm³/mol. The van der Waals surface area contributed by atoms with Crippen LogP contribution in [-0.2, 0) is 11.3 Å². The van der Waals surface area contributed by atoms with Crippen LogP contribution in [0, 0.1) is 0 Å². The maximum Gasteiger partial charge on any atom is 0.251 e. The molecule has 4 nitrogen and oxygen atoms in total. The first-order chi connectivity index (χ1) is 9.48. The van der Waals surface area contributed by atoms with Gasteiger partial charge in [0.2, 0.25) is 0 Å². The van der Waals surface area contributed by atoms with E-state index in [0.717, 1.165) is 24.8 Å². The van der Waals surface area contributed by atoms with E-state index in [-0.39, 0.29) is 12.0 Å². The Morgan fingerprint density at radius 2 is 2.00 bits per heavy atom. The standard InChI is InChI=1S/C16H23NO3/c1-12(2)20-10-13-4-6-14(7-5-13)15(18)17-11-16(19)8-3-9-16/h4-7,12,19H,3,8-11H2,1-2H3,(H,17,18). The fourth-order valence-corrected chi connectivity index (χ4v) is 2.12. The maximum absolute atomic E-state index is 12.0. The molecular weight excluding hydrogens is 254 g/mol. The Kier molecular flexibility index (Phi) is 4.78. The van der Waals surface area contributed by atoms with Crippen LogP contribution in [0.4, 0.5) is 0 Å². The summed E-state index contributed by atoms with van der Waals surface area (Å²) in [6.45, 7) is 4.88. The molecule has 1 aliphatic carbocycles. The fourth-order valence-electron chi connectivity index (χ4n) is 2.12. The third-order valence-electron chi connectivity index (χ3n) is 3.66. The highest BCUT2D eigenvalue weighted by atomic mass is 16.5. The van der Waals surface area contributed by atoms with Gasteiger partial charge in [-0.2, -0.15) is 0 Å². The lowest BCUT2D eigenvalue weighted by Gasteiger charge is -2.36. The monoisotopic (exact) mass is 277 g/mol. The van der Waals surface area contributed by atoms with Crippen molar-refractivity contribution in [1.29, 1.82) is 0 Å². The molecule has 1 amide bonds. The lowest BCUT2D eigenvalue weighted by Crippen LogP contribution is -2.47. The van der Waals surface area contributed by atoms with Crippen molar-refractivity contribution >= 4 is 5.91 Å². The normalized spacial score (nSPS) is 16.8. The second-order valence-electron chi connectivity index (χ2n) is 5.82. The van der Waals surface area contributed by atoms with Gasteiger partial charge < -0.3 is 15.2 Å². The lowest BCUT2D eigenvalue weighted by molar-refractivity contribution is -0.0300. The quantitative estimate of drug-likeness (QED) is 0.838. The molecule has 0 saturated heterocycles. The topological polar surface area (TPSA) is 58.6 Å². The number of hydrogen-bond donors (Lipinski definition) is 2. The van der Waals surface area contributed by atoms with Crippen LogP contribution in [0.1, 0.15) is 49.0 Å². The summed E-state index contributed by atoms with van der Waals surface area (Å²) in [5, 5.41) is 12.7. The number of amides is 1. The van der Waals surface area contributed by atoms with E-state index in [1.807, 2.05) is 26.0 Å². The minimum Gasteiger partial charge on any atom is -0.388 e. The highest BCUT2D eigenvalue weighted by Gasteiger charge is 2.34. The average molecular weight is 277 g/mol. The number of carbonyl (C=O) groups is 1. The van der Waals surface area contributed by atoms with Crippen molar-refractivity contribution < 1.29 is 14.6 Å². The van der Waals surface area contributed by atoms with Gasteiger partial charge in [0.1, 0.15) is 0 Å². The molecule has 0 aromatic heterocycles. The zero-order chi connectivity index (χ0) is 14.6. The molecule has 1 aliphatic rings. The minimum atomic E-state index is -0.680. The molecule has 1 aromatic carbocycles. The summed E-state index contributed by atoms with van der Waals surface area (Å²) in [5.74, 6) is -0.137. The van der Waals surface area contributed by atoms with E-state index in [9.17, 15) is 9.90 Å². The smallest absolute Gasteiger partial charge is 0.251 e. The number of aliphatic hydroxyl groups is 1. The Hall–Kier alpha value is -1.39. The molecule has 2 rings (SSSR count). The molecule has 0 atom stereocenters. The number of ether oxygens (including phenoxy) is 1. The Labute approximate surface area is 120 Å². The predicted octanol–water partition coefficient (Wildman–Crippen LogP) is 2.26. The van der Waals surface area contributed by atoms with Crippen molar-refractivity contribution in [3.8, 4) is 0 Å². The maximum atomic E-state index is 12.0. The van der Waals surface area contributed by atoms with Crippen molar-refractivity contribution in [2.75, 3.05) is 6.54 Å². The summed E-state index contributed by atoms with van der Waals surface area (Å²) in [7, 11) is 0. The molecular formula is C16H23NO3. The third-order valence-corrected chi connectivity index (χ3v) is 3.66. The number of benzene rings is 1. The summed E-state index contributed by atoms with van der Waals surface area (Å²) in [5.41, 5.74) is 0.981. The Morgan fingerprint density at radius 3 is 2.50 bits per heavy atom. The first-order valence-electron chi connectivity index (χ1n) is 7.20. The molecule has 0 bridgehead atoms. The second kappa shape index (κ2) is 6.37. The Balaban J connectivity index is 1.83. The Bertz CT molecular complexity index is 449. The number of rotatable bonds is 6. The second-order valence-corrected chi connectivity index (χ2v) is 5.82. The van der Waals surface area contributed by atoms with Crippen molar-refractivity contribution in [2.24, 2.45) is 0 Å². The zero-order valence-electron chi connectivity index (χ0n) is 12.2. The SMILES string of the molecule is CC(C)OCc1ccc(C(=O)NCC2(O)CCC2)cc1. The molecule has 0 aliphatic heterocycles. The van der Waals surface area contributed by atoms with Crippen molar-refractivity contribution in [1.82, 2.24) is 5.32 Å². The van der Waals surface area contributed by atoms with Gasteiger partial charge in [-0.15, -0.1) is 0 Å². The summed E-state index contributed by atoms with van der Waals surface area (Å²) >= 11 is 0. The van der Waals surface area contributed by atoms with E-state index in [0.29, 0.717) is 18.7 Å². The van der Waals surface area contributed by atoms with Gasteiger partial charge in [0, 0.05) is 12.1 Å². The van der Waals surface area contributed by atoms with E-state index in [1.165, 1.54) is 0 Å². The van der Waals surface area contributed by atoms with Gasteiger partial charge in [-0.25, -0.2) is 0 Å². The largest absolute Gasteiger partial charge is 0.388 e. The molecule has 1 fully saturated rings. The molecule has 1 aromatic rings. The molecule has 1 saturated carbocycles. The molecule has 0 radical (unpaired) electrons. The number of nitrogens with one attached hydrogen (secondary N) is 1. The summed E-state index contributed by atoms with van der Waals surface area (Å²) in [6.07, 6.45) is 2.79. The fraction of sp³-hybridized carbons (Fsp3) is 0.562. The third kappa shape index (κ3) is 4.05. The highest BCUT2D eigenvalue weighted by Crippen LogP contribution is 2.30. The number of carbonyl (C=O) groups excluding carboxylic acids is 1. The summed E-state index contributed by atoms with van der Waals surface area (Å²) in [6, 6.07) is 7.38. The van der Waals surface area contributed by atoms with E-state index >= 15 is 0 Å². The molecule has 20 heavy (non-hydrogen) atoms. The summed E-state index contributed by atoms with van der Waals surface area (Å²) in [4.78, 5) is 12.0. The van der Waals surface area contributed by atoms with Crippen LogP contribution in [0.3, 0.4) is 0 Å². The molecule has 4 heteroatoms. The molecule has 0 heterocycles. The van der Waals surface area contributed by atoms with Crippen molar-refractivity contribution in [3.05, 3.63) is 35.4 Å². The van der Waals surface area contributed by atoms with Crippen molar-refractivity contribution in [2.45, 2.75) is 51.4 Å². The Morgan fingerprint density at radius 1 is 1.35 bits per heavy atom. The van der Waals surface area contributed by atoms with E-state index in [4.69, 9.17) is 4.74 Å². The first-order valence-corrected chi connectivity index (χ1v) is 7.20. The molecule has 110 valence electrons. The minimum absolute atomic E-state index is 0.137. The lowest BCUT2D eigenvalue weighted by atomic mass is 9.80. The van der Waals surface area contributed by atoms with Crippen molar-refractivity contribution in [3.63, 3.8) is 0 Å². The van der Waals surface area contributed by atoms with Gasteiger partial charge in [0.15, 0.2) is 0 Å². The summed E-state index contributed by atoms with van der Waals surface area (Å²) < 4.78 is 5.51. The highest BCUT2D eigenvalue weighted by molar-refractivity contribution is 5.94. The molecule has 0 unspecified atom stereocenters. The van der Waals surface area contributed by atoms with Crippen LogP contribution >= 0.6 is 0 Å². The van der Waals surface area contributed by atoms with E-state index < -0.39 is 5.60 Å².